The maximum absolute atomic E-state index is 11.2. The molecule has 0 radical (unpaired) electrons. The fraction of sp³-hybridized carbons (Fsp3) is 0.424. The molecule has 9 rings (SSSR count). The molecule has 0 atom stereocenters. The van der Waals surface area contributed by atoms with Crippen LogP contribution >= 0.6 is 15.9 Å². The average molecular weight is 1280 g/mol. The number of aromatic nitrogens is 9. The molecule has 0 unspecified atom stereocenters. The molecule has 0 aliphatic carbocycles. The van der Waals surface area contributed by atoms with Gasteiger partial charge in [-0.1, -0.05) is 15.9 Å². The minimum atomic E-state index is -1.00. The number of rotatable bonds is 17. The Morgan fingerprint density at radius 1 is 0.607 bits per heavy atom. The number of nitrogens with zero attached hydrogens (tertiary/aromatic N) is 9. The Kier molecular flexibility index (Phi) is 36.1. The van der Waals surface area contributed by atoms with Crippen LogP contribution in [0.25, 0.3) is 16.7 Å². The van der Waals surface area contributed by atoms with Gasteiger partial charge in [0.25, 0.3) is 6.47 Å². The summed E-state index contributed by atoms with van der Waals surface area (Å²) in [6.07, 6.45) is 10.1. The summed E-state index contributed by atoms with van der Waals surface area (Å²) in [5.41, 5.74) is 13.7. The zero-order chi connectivity index (χ0) is 60.8. The van der Waals surface area contributed by atoms with Gasteiger partial charge in [0, 0.05) is 75.8 Å². The van der Waals surface area contributed by atoms with Gasteiger partial charge in [0.05, 0.1) is 65.2 Å². The Morgan fingerprint density at radius 3 is 1.24 bits per heavy atom. The molecule has 25 heteroatoms. The summed E-state index contributed by atoms with van der Waals surface area (Å²) in [4.78, 5) is 56.0. The summed E-state index contributed by atoms with van der Waals surface area (Å²) in [5, 5.41) is 31.5. The van der Waals surface area contributed by atoms with Gasteiger partial charge in [-0.05, 0) is 153 Å². The summed E-state index contributed by atoms with van der Waals surface area (Å²) in [5.74, 6) is 0.952. The smallest absolute Gasteiger partial charge is 1.00 e. The molecular weight excluding hydrogens is 1200 g/mol. The van der Waals surface area contributed by atoms with E-state index in [0.717, 1.165) is 83.4 Å². The van der Waals surface area contributed by atoms with E-state index in [0.29, 0.717) is 81.5 Å². The van der Waals surface area contributed by atoms with Gasteiger partial charge in [-0.15, -0.1) is 0 Å². The second kappa shape index (κ2) is 41.0. The molecule has 9 heterocycles. The second-order valence-corrected chi connectivity index (χ2v) is 19.8. The fourth-order valence-electron chi connectivity index (χ4n) is 8.52. The van der Waals surface area contributed by atoms with Crippen LogP contribution in [0.3, 0.4) is 0 Å². The van der Waals surface area contributed by atoms with Gasteiger partial charge in [-0.2, -0.15) is 15.3 Å². The van der Waals surface area contributed by atoms with Crippen molar-refractivity contribution in [1.29, 1.82) is 0 Å². The molecular formula is C59H75BrFK2N9O12. The quantitative estimate of drug-likeness (QED) is 0.0450. The van der Waals surface area contributed by atoms with Crippen molar-refractivity contribution in [3.05, 3.63) is 141 Å². The van der Waals surface area contributed by atoms with Crippen molar-refractivity contribution in [2.45, 2.75) is 99.7 Å². The first-order valence-corrected chi connectivity index (χ1v) is 27.5. The fourth-order valence-corrected chi connectivity index (χ4v) is 9.14. The Hall–Kier alpha value is -4.30. The van der Waals surface area contributed by atoms with E-state index in [-0.39, 0.29) is 134 Å². The molecule has 3 aliphatic rings. The third kappa shape index (κ3) is 23.1. The number of pyridine rings is 3. The van der Waals surface area contributed by atoms with Crippen LogP contribution in [0.15, 0.2) is 89.9 Å². The van der Waals surface area contributed by atoms with E-state index >= 15 is 0 Å². The van der Waals surface area contributed by atoms with Crippen LogP contribution in [0.5, 0.6) is 17.2 Å². The van der Waals surface area contributed by atoms with E-state index in [1.54, 1.807) is 25.1 Å². The molecule has 0 saturated carbocycles. The van der Waals surface area contributed by atoms with Crippen molar-refractivity contribution in [3.63, 3.8) is 0 Å². The first-order chi connectivity index (χ1) is 40.0. The van der Waals surface area contributed by atoms with Gasteiger partial charge in [0.15, 0.2) is 18.9 Å². The van der Waals surface area contributed by atoms with Crippen molar-refractivity contribution in [3.8, 4) is 17.2 Å². The molecule has 84 heavy (non-hydrogen) atoms. The van der Waals surface area contributed by atoms with Crippen molar-refractivity contribution < 1.29 is 168 Å². The van der Waals surface area contributed by atoms with E-state index in [2.05, 4.69) is 103 Å². The predicted octanol–water partition coefficient (Wildman–Crippen LogP) is 3.55. The van der Waals surface area contributed by atoms with Crippen molar-refractivity contribution in [2.75, 3.05) is 65.3 Å². The van der Waals surface area contributed by atoms with Crippen molar-refractivity contribution in [2.24, 2.45) is 0 Å². The zero-order valence-electron chi connectivity index (χ0n) is 51.9. The van der Waals surface area contributed by atoms with Gasteiger partial charge >= 0.3 is 103 Å². The number of hydrogen-bond acceptors (Lipinski definition) is 18. The Balaban J connectivity index is 0.000000568. The summed E-state index contributed by atoms with van der Waals surface area (Å²) < 4.78 is 50.3. The van der Waals surface area contributed by atoms with Crippen LogP contribution in [0.1, 0.15) is 147 Å². The Labute approximate surface area is 587 Å². The third-order valence-electron chi connectivity index (χ3n) is 12.5. The van der Waals surface area contributed by atoms with E-state index in [1.165, 1.54) is 34.1 Å². The van der Waals surface area contributed by atoms with E-state index in [4.69, 9.17) is 40.2 Å². The number of ether oxygens (including phenoxy) is 5. The van der Waals surface area contributed by atoms with Crippen LogP contribution in [0.2, 0.25) is 0 Å². The normalized spacial score (nSPS) is 13.7. The van der Waals surface area contributed by atoms with Crippen LogP contribution in [-0.2, 0) is 23.9 Å². The molecule has 21 nitrogen and oxygen atoms in total. The maximum atomic E-state index is 11.2. The maximum Gasteiger partial charge on any atom is 1.00 e. The summed E-state index contributed by atoms with van der Waals surface area (Å²) in [6, 6.07) is 17.4. The molecule has 0 aromatic carbocycles. The largest absolute Gasteiger partial charge is 1.00 e. The Morgan fingerprint density at radius 2 is 0.929 bits per heavy atom. The molecule has 0 spiro atoms. The number of aldehydes is 3. The van der Waals surface area contributed by atoms with Gasteiger partial charge in [0.2, 0.25) is 0 Å². The number of alkyl halides is 2. The SMILES string of the molecule is CC(C)n1nccc1C1=C(CBr)CCOC1.Cc1ccc(O)c(C=O)n1.Cc1ccc(OCC2=C(c3ccnn3C(C)C)COCC2)c(C=O)n1.Cc1ccc(OCC2=C(c3ccnn3C(C)C)COCC2)c(C=O)n1.O=CO[O-].[2H]CF.[H-].[K+].[K+]. The van der Waals surface area contributed by atoms with Gasteiger partial charge in [0.1, 0.15) is 47.5 Å². The second-order valence-electron chi connectivity index (χ2n) is 19.2. The third-order valence-corrected chi connectivity index (χ3v) is 13.2. The van der Waals surface area contributed by atoms with Gasteiger partial charge < -0.3 is 40.4 Å². The van der Waals surface area contributed by atoms with E-state index in [9.17, 15) is 18.8 Å². The molecule has 6 aromatic rings. The number of aromatic hydroxyl groups is 1. The number of carbonyl (C=O) groups excluding carboxylic acids is 4. The Bertz CT molecular complexity index is 3000. The molecule has 0 saturated heterocycles. The first kappa shape index (κ1) is 74.0. The molecule has 6 aromatic heterocycles. The predicted molar refractivity (Wildman–Crippen MR) is 310 cm³/mol. The molecule has 1 N–H and O–H groups in total. The van der Waals surface area contributed by atoms with Crippen LogP contribution in [-0.4, -0.2) is 140 Å². The van der Waals surface area contributed by atoms with Crippen molar-refractivity contribution >= 4 is 58.0 Å². The molecule has 0 amide bonds. The number of halogens is 2. The van der Waals surface area contributed by atoms with Crippen molar-refractivity contribution in [1.82, 2.24) is 44.3 Å². The molecule has 0 bridgehead atoms. The number of carbonyl (C=O) groups is 4. The molecule has 444 valence electrons. The van der Waals surface area contributed by atoms with Crippen LogP contribution in [0, 0.1) is 20.8 Å². The number of hydrogen-bond donors (Lipinski definition) is 1. The molecule has 0 fully saturated rings. The first-order valence-electron chi connectivity index (χ1n) is 27.0. The van der Waals surface area contributed by atoms with E-state index < -0.39 is 7.15 Å². The average Bonchev–Trinajstić information content (AvgIpc) is 3.20. The van der Waals surface area contributed by atoms with Gasteiger partial charge in [-0.3, -0.25) is 37.6 Å². The summed E-state index contributed by atoms with van der Waals surface area (Å²) >= 11 is 3.56. The number of aryl methyl sites for hydroxylation is 3. The molecule has 3 aliphatic heterocycles. The van der Waals surface area contributed by atoms with E-state index in [1.807, 2.05) is 66.1 Å². The topological polar surface area (TPSA) is 259 Å². The van der Waals surface area contributed by atoms with Gasteiger partial charge in [-0.25, -0.2) is 15.0 Å². The standard InChI is InChI=1S/2C19H23N3O3.C12H17BrN2O.C7H7NO2.CH3F.CH2O3.2K.H/c2*1-13(2)22-18(6-8-20-22)16-12-24-9-7-15(16)11-25-19-5-4-14(3)21-17(19)10-23;1-9(2)15-12(3-5-14-15)11-8-16-6-4-10(11)7-13;1-5-2-3-7(10)6(4-9)8-5;1-2;2-1-4-3;;;/h2*4-6,8,10,13H,7,9,11-12H2,1-3H3;3,5,9H,4,6-8H2,1-2H3;2-4,10H,1H3;1H3;1,3H;;;/q;;;;;;2*+1;-1/p-1/i;;;;1D;;;;. The van der Waals surface area contributed by atoms with Crippen LogP contribution in [0.4, 0.5) is 4.39 Å². The minimum absolute atomic E-state index is 0. The minimum Gasteiger partial charge on any atom is -1.00 e. The summed E-state index contributed by atoms with van der Waals surface area (Å²) in [6.45, 7) is 22.8. The zero-order valence-corrected chi connectivity index (χ0v) is 57.7. The van der Waals surface area contributed by atoms with Crippen LogP contribution < -0.4 is 118 Å². The monoisotopic (exact) mass is 1280 g/mol. The summed E-state index contributed by atoms with van der Waals surface area (Å²) in [7, 11) is -1.00.